The molecule has 0 spiro atoms. The van der Waals surface area contributed by atoms with Gasteiger partial charge in [-0.15, -0.1) is 0 Å². The Hall–Kier alpha value is -2.35. The van der Waals surface area contributed by atoms with Crippen molar-refractivity contribution in [2.75, 3.05) is 4.72 Å². The molecule has 2 aromatic rings. The van der Waals surface area contributed by atoms with Crippen LogP contribution in [0, 0.1) is 0 Å². The molecule has 20 heavy (non-hydrogen) atoms. The molecular formula is C12H14N4O3S. The molecular weight excluding hydrogens is 280 g/mol. The van der Waals surface area contributed by atoms with Crippen LogP contribution in [0.25, 0.3) is 0 Å². The normalized spacial score (nSPS) is 12.4. The number of benzene rings is 1. The number of nitrogens with one attached hydrogen (secondary N) is 1. The third-order valence-electron chi connectivity index (χ3n) is 2.70. The van der Waals surface area contributed by atoms with Gasteiger partial charge in [-0.3, -0.25) is 9.40 Å². The number of hydrogen-bond donors (Lipinski definition) is 2. The molecule has 1 aromatic carbocycles. The molecule has 2 rings (SSSR count). The van der Waals surface area contributed by atoms with Gasteiger partial charge in [-0.05, 0) is 13.0 Å². The van der Waals surface area contributed by atoms with Crippen molar-refractivity contribution in [2.45, 2.75) is 11.8 Å². The van der Waals surface area contributed by atoms with E-state index in [1.165, 1.54) is 17.1 Å². The van der Waals surface area contributed by atoms with Gasteiger partial charge in [0.15, 0.2) is 0 Å². The average molecular weight is 294 g/mol. The van der Waals surface area contributed by atoms with Crippen molar-refractivity contribution in [2.24, 2.45) is 12.2 Å². The summed E-state index contributed by atoms with van der Waals surface area (Å²) in [7, 11) is -2.09. The maximum absolute atomic E-state index is 12.2. The van der Waals surface area contributed by atoms with Crippen LogP contribution in [0.4, 0.5) is 5.69 Å². The molecule has 0 bridgehead atoms. The highest BCUT2D eigenvalue weighted by atomic mass is 32.2. The summed E-state index contributed by atoms with van der Waals surface area (Å²) >= 11 is 0. The molecule has 0 saturated carbocycles. The van der Waals surface area contributed by atoms with Gasteiger partial charge in [0.1, 0.15) is 4.90 Å². The number of anilines is 1. The molecule has 2 N–H and O–H groups in total. The van der Waals surface area contributed by atoms with Gasteiger partial charge in [0.2, 0.25) is 0 Å². The van der Waals surface area contributed by atoms with Crippen LogP contribution < -0.4 is 4.72 Å². The van der Waals surface area contributed by atoms with E-state index in [0.29, 0.717) is 17.0 Å². The first-order valence-corrected chi connectivity index (χ1v) is 7.22. The summed E-state index contributed by atoms with van der Waals surface area (Å²) in [5, 5.41) is 15.8. The van der Waals surface area contributed by atoms with E-state index in [2.05, 4.69) is 15.0 Å². The largest absolute Gasteiger partial charge is 0.411 e. The Morgan fingerprint density at radius 1 is 1.40 bits per heavy atom. The van der Waals surface area contributed by atoms with Crippen molar-refractivity contribution in [1.29, 1.82) is 0 Å². The minimum atomic E-state index is -3.73. The predicted octanol–water partition coefficient (Wildman–Crippen LogP) is 1.42. The van der Waals surface area contributed by atoms with Crippen molar-refractivity contribution in [1.82, 2.24) is 9.78 Å². The van der Waals surface area contributed by atoms with E-state index in [9.17, 15) is 8.42 Å². The monoisotopic (exact) mass is 294 g/mol. The number of rotatable bonds is 4. The van der Waals surface area contributed by atoms with Crippen molar-refractivity contribution in [3.05, 3.63) is 42.2 Å². The van der Waals surface area contributed by atoms with Crippen LogP contribution in [0.2, 0.25) is 0 Å². The summed E-state index contributed by atoms with van der Waals surface area (Å²) in [6.45, 7) is 1.58. The van der Waals surface area contributed by atoms with E-state index in [-0.39, 0.29) is 4.90 Å². The molecule has 7 nitrogen and oxygen atoms in total. The molecule has 0 unspecified atom stereocenters. The van der Waals surface area contributed by atoms with Crippen LogP contribution in [-0.4, -0.2) is 29.1 Å². The second kappa shape index (κ2) is 5.33. The Kier molecular flexibility index (Phi) is 3.75. The minimum absolute atomic E-state index is 0.0633. The Morgan fingerprint density at radius 2 is 2.10 bits per heavy atom. The smallest absolute Gasteiger partial charge is 0.265 e. The van der Waals surface area contributed by atoms with E-state index in [0.717, 1.165) is 0 Å². The van der Waals surface area contributed by atoms with Gasteiger partial charge in [-0.2, -0.15) is 5.10 Å². The van der Waals surface area contributed by atoms with Gasteiger partial charge in [0.25, 0.3) is 10.0 Å². The molecule has 0 atom stereocenters. The van der Waals surface area contributed by atoms with Gasteiger partial charge >= 0.3 is 0 Å². The van der Waals surface area contributed by atoms with Crippen LogP contribution >= 0.6 is 0 Å². The highest BCUT2D eigenvalue weighted by molar-refractivity contribution is 7.92. The van der Waals surface area contributed by atoms with Crippen LogP contribution in [0.15, 0.2) is 46.7 Å². The number of nitrogens with zero attached hydrogens (tertiary/aromatic N) is 3. The zero-order chi connectivity index (χ0) is 14.8. The van der Waals surface area contributed by atoms with Gasteiger partial charge in [0, 0.05) is 18.8 Å². The lowest BCUT2D eigenvalue weighted by Gasteiger charge is -2.10. The predicted molar refractivity (Wildman–Crippen MR) is 74.5 cm³/mol. The Labute approximate surface area is 116 Å². The molecule has 0 radical (unpaired) electrons. The standard InChI is InChI=1S/C12H14N4O3S/c1-9(14-17)11-5-3-4-6-12(11)15-20(18,19)10-7-13-16(2)8-10/h3-8,15,17H,1-2H3. The molecule has 0 fully saturated rings. The Bertz CT molecular complexity index is 750. The zero-order valence-corrected chi connectivity index (χ0v) is 11.8. The lowest BCUT2D eigenvalue weighted by Crippen LogP contribution is -2.14. The Balaban J connectivity index is 2.40. The summed E-state index contributed by atoms with van der Waals surface area (Å²) in [5.74, 6) is 0. The Morgan fingerprint density at radius 3 is 2.70 bits per heavy atom. The highest BCUT2D eigenvalue weighted by Gasteiger charge is 2.18. The highest BCUT2D eigenvalue weighted by Crippen LogP contribution is 2.20. The van der Waals surface area contributed by atoms with Gasteiger partial charge in [-0.1, -0.05) is 23.4 Å². The molecule has 1 aromatic heterocycles. The van der Waals surface area contributed by atoms with Gasteiger partial charge in [0.05, 0.1) is 17.6 Å². The van der Waals surface area contributed by atoms with Crippen LogP contribution in [0.5, 0.6) is 0 Å². The molecule has 106 valence electrons. The molecule has 0 aliphatic rings. The number of aromatic nitrogens is 2. The summed E-state index contributed by atoms with van der Waals surface area (Å²) in [6, 6.07) is 6.68. The fraction of sp³-hybridized carbons (Fsp3) is 0.167. The van der Waals surface area contributed by atoms with Crippen molar-refractivity contribution >= 4 is 21.4 Å². The maximum Gasteiger partial charge on any atom is 0.265 e. The summed E-state index contributed by atoms with van der Waals surface area (Å²) < 4.78 is 28.3. The third-order valence-corrected chi connectivity index (χ3v) is 4.02. The zero-order valence-electron chi connectivity index (χ0n) is 11.0. The lowest BCUT2D eigenvalue weighted by atomic mass is 10.1. The quantitative estimate of drug-likeness (QED) is 0.506. The van der Waals surface area contributed by atoms with E-state index < -0.39 is 10.0 Å². The number of oxime groups is 1. The van der Waals surface area contributed by atoms with Gasteiger partial charge in [-0.25, -0.2) is 8.42 Å². The maximum atomic E-state index is 12.2. The number of sulfonamides is 1. The first kappa shape index (κ1) is 14.1. The number of para-hydroxylation sites is 1. The van der Waals surface area contributed by atoms with E-state index in [1.807, 2.05) is 0 Å². The topological polar surface area (TPSA) is 96.6 Å². The first-order chi connectivity index (χ1) is 9.44. The summed E-state index contributed by atoms with van der Waals surface area (Å²) in [4.78, 5) is 0.0633. The molecule has 0 aliphatic carbocycles. The summed E-state index contributed by atoms with van der Waals surface area (Å²) in [5.41, 5.74) is 1.16. The second-order valence-corrected chi connectivity index (χ2v) is 5.87. The first-order valence-electron chi connectivity index (χ1n) is 5.73. The minimum Gasteiger partial charge on any atom is -0.411 e. The molecule has 0 saturated heterocycles. The fourth-order valence-electron chi connectivity index (χ4n) is 1.68. The van der Waals surface area contributed by atoms with Crippen LogP contribution in [0.3, 0.4) is 0 Å². The molecule has 8 heteroatoms. The fourth-order valence-corrected chi connectivity index (χ4v) is 2.75. The number of hydrogen-bond acceptors (Lipinski definition) is 5. The van der Waals surface area contributed by atoms with Gasteiger partial charge < -0.3 is 5.21 Å². The van der Waals surface area contributed by atoms with Crippen LogP contribution in [0.1, 0.15) is 12.5 Å². The second-order valence-electron chi connectivity index (χ2n) is 4.19. The van der Waals surface area contributed by atoms with E-state index >= 15 is 0 Å². The summed E-state index contributed by atoms with van der Waals surface area (Å²) in [6.07, 6.45) is 2.66. The van der Waals surface area contributed by atoms with Crippen molar-refractivity contribution in [3.63, 3.8) is 0 Å². The molecule has 1 heterocycles. The van der Waals surface area contributed by atoms with E-state index in [4.69, 9.17) is 5.21 Å². The average Bonchev–Trinajstić information content (AvgIpc) is 2.86. The SMILES string of the molecule is CC(=NO)c1ccccc1NS(=O)(=O)c1cnn(C)c1. The number of aryl methyl sites for hydroxylation is 1. The molecule has 0 amide bonds. The van der Waals surface area contributed by atoms with E-state index in [1.54, 1.807) is 38.2 Å². The molecule has 0 aliphatic heterocycles. The van der Waals surface area contributed by atoms with Crippen molar-refractivity contribution in [3.8, 4) is 0 Å². The van der Waals surface area contributed by atoms with Crippen molar-refractivity contribution < 1.29 is 13.6 Å². The van der Waals surface area contributed by atoms with Crippen LogP contribution in [-0.2, 0) is 17.1 Å². The lowest BCUT2D eigenvalue weighted by molar-refractivity contribution is 0.319. The third kappa shape index (κ3) is 2.80.